The highest BCUT2D eigenvalue weighted by Crippen LogP contribution is 2.36. The van der Waals surface area contributed by atoms with Gasteiger partial charge in [-0.25, -0.2) is 0 Å². The first-order valence-corrected chi connectivity index (χ1v) is 6.44. The minimum atomic E-state index is -0.0701. The summed E-state index contributed by atoms with van der Waals surface area (Å²) in [5, 5.41) is 4.44. The number of aromatic nitrogens is 2. The molecule has 0 radical (unpaired) electrons. The summed E-state index contributed by atoms with van der Waals surface area (Å²) in [6, 6.07) is 0.651. The van der Waals surface area contributed by atoms with E-state index in [1.165, 1.54) is 18.4 Å². The minimum Gasteiger partial charge on any atom is -0.365 e. The lowest BCUT2D eigenvalue weighted by molar-refractivity contribution is -0.132. The standard InChI is InChI=1S/C13H21N3O/c1-13(2)9-15(3)8-12(17-13)10-6-14-16(7-10)11-4-5-11/h6-7,11-12H,4-5,8-9H2,1-3H3/t12-/m0/s1. The maximum atomic E-state index is 6.15. The number of rotatable bonds is 2. The van der Waals surface area contributed by atoms with Crippen LogP contribution in [-0.4, -0.2) is 40.4 Å². The number of likely N-dealkylation sites (N-methyl/N-ethyl adjacent to an activating group) is 1. The van der Waals surface area contributed by atoms with E-state index < -0.39 is 0 Å². The molecule has 3 rings (SSSR count). The van der Waals surface area contributed by atoms with E-state index in [1.807, 2.05) is 6.20 Å². The van der Waals surface area contributed by atoms with Gasteiger partial charge in [-0.05, 0) is 33.7 Å². The lowest BCUT2D eigenvalue weighted by Gasteiger charge is -2.41. The van der Waals surface area contributed by atoms with E-state index in [-0.39, 0.29) is 11.7 Å². The molecule has 0 N–H and O–H groups in total. The number of ether oxygens (including phenoxy) is 1. The van der Waals surface area contributed by atoms with Crippen LogP contribution >= 0.6 is 0 Å². The van der Waals surface area contributed by atoms with Gasteiger partial charge in [-0.15, -0.1) is 0 Å². The van der Waals surface area contributed by atoms with Crippen LogP contribution in [0.1, 0.15) is 44.4 Å². The molecule has 1 aromatic rings. The third-order valence-corrected chi connectivity index (χ3v) is 3.50. The Morgan fingerprint density at radius 1 is 1.41 bits per heavy atom. The Morgan fingerprint density at radius 2 is 2.18 bits per heavy atom. The van der Waals surface area contributed by atoms with Crippen molar-refractivity contribution in [1.29, 1.82) is 0 Å². The summed E-state index contributed by atoms with van der Waals surface area (Å²) >= 11 is 0. The Hall–Kier alpha value is -0.870. The topological polar surface area (TPSA) is 30.3 Å². The third-order valence-electron chi connectivity index (χ3n) is 3.50. The molecule has 0 spiro atoms. The Bertz CT molecular complexity index is 409. The lowest BCUT2D eigenvalue weighted by atomic mass is 10.0. The van der Waals surface area contributed by atoms with E-state index in [1.54, 1.807) is 0 Å². The van der Waals surface area contributed by atoms with Gasteiger partial charge in [0.25, 0.3) is 0 Å². The van der Waals surface area contributed by atoms with Crippen LogP contribution in [0.2, 0.25) is 0 Å². The molecule has 1 aliphatic carbocycles. The Balaban J connectivity index is 1.77. The van der Waals surface area contributed by atoms with E-state index in [2.05, 4.69) is 41.8 Å². The van der Waals surface area contributed by atoms with Crippen molar-refractivity contribution in [2.24, 2.45) is 0 Å². The fourth-order valence-electron chi connectivity index (χ4n) is 2.69. The number of hydrogen-bond donors (Lipinski definition) is 0. The lowest BCUT2D eigenvalue weighted by Crippen LogP contribution is -2.47. The molecule has 2 fully saturated rings. The first-order valence-electron chi connectivity index (χ1n) is 6.44. The summed E-state index contributed by atoms with van der Waals surface area (Å²) in [4.78, 5) is 2.34. The Labute approximate surface area is 103 Å². The van der Waals surface area contributed by atoms with E-state index >= 15 is 0 Å². The van der Waals surface area contributed by atoms with E-state index in [0.717, 1.165) is 13.1 Å². The van der Waals surface area contributed by atoms with Crippen LogP contribution in [0.5, 0.6) is 0 Å². The van der Waals surface area contributed by atoms with Crippen molar-refractivity contribution in [2.45, 2.75) is 44.4 Å². The Kier molecular flexibility index (Phi) is 2.52. The second-order valence-corrected chi connectivity index (χ2v) is 6.05. The van der Waals surface area contributed by atoms with Gasteiger partial charge in [-0.2, -0.15) is 5.10 Å². The molecule has 1 aliphatic heterocycles. The molecule has 4 heteroatoms. The minimum absolute atomic E-state index is 0.0701. The molecule has 2 aliphatic rings. The SMILES string of the molecule is CN1C[C@@H](c2cnn(C3CC3)c2)OC(C)(C)C1. The zero-order chi connectivity index (χ0) is 12.0. The molecule has 94 valence electrons. The molecular formula is C13H21N3O. The van der Waals surface area contributed by atoms with Gasteiger partial charge in [0.05, 0.1) is 23.9 Å². The van der Waals surface area contributed by atoms with E-state index in [4.69, 9.17) is 4.74 Å². The molecule has 4 nitrogen and oxygen atoms in total. The maximum Gasteiger partial charge on any atom is 0.0989 e. The summed E-state index contributed by atoms with van der Waals surface area (Å²) in [6.07, 6.45) is 6.85. The van der Waals surface area contributed by atoms with Gasteiger partial charge in [0, 0.05) is 24.8 Å². The molecular weight excluding hydrogens is 214 g/mol. The van der Waals surface area contributed by atoms with Crippen LogP contribution < -0.4 is 0 Å². The van der Waals surface area contributed by atoms with Gasteiger partial charge in [-0.3, -0.25) is 4.68 Å². The molecule has 1 atom stereocenters. The molecule has 2 heterocycles. The predicted molar refractivity (Wildman–Crippen MR) is 65.9 cm³/mol. The molecule has 0 unspecified atom stereocenters. The first kappa shape index (κ1) is 11.2. The predicted octanol–water partition coefficient (Wildman–Crippen LogP) is 2.00. The van der Waals surface area contributed by atoms with E-state index in [0.29, 0.717) is 6.04 Å². The molecule has 0 bridgehead atoms. The molecule has 0 amide bonds. The van der Waals surface area contributed by atoms with Crippen LogP contribution in [0.25, 0.3) is 0 Å². The highest BCUT2D eigenvalue weighted by molar-refractivity contribution is 5.12. The average molecular weight is 235 g/mol. The smallest absolute Gasteiger partial charge is 0.0989 e. The third kappa shape index (κ3) is 2.38. The average Bonchev–Trinajstić information content (AvgIpc) is 2.93. The van der Waals surface area contributed by atoms with Gasteiger partial charge in [-0.1, -0.05) is 0 Å². The zero-order valence-corrected chi connectivity index (χ0v) is 10.9. The normalized spacial score (nSPS) is 29.5. The highest BCUT2D eigenvalue weighted by atomic mass is 16.5. The number of nitrogens with zero attached hydrogens (tertiary/aromatic N) is 3. The Morgan fingerprint density at radius 3 is 2.82 bits per heavy atom. The van der Waals surface area contributed by atoms with Crippen LogP contribution in [0.15, 0.2) is 12.4 Å². The van der Waals surface area contributed by atoms with Crippen molar-refractivity contribution < 1.29 is 4.74 Å². The number of morpholine rings is 1. The van der Waals surface area contributed by atoms with Gasteiger partial charge >= 0.3 is 0 Å². The van der Waals surface area contributed by atoms with Crippen LogP contribution in [0.3, 0.4) is 0 Å². The summed E-state index contributed by atoms with van der Waals surface area (Å²) < 4.78 is 8.25. The highest BCUT2D eigenvalue weighted by Gasteiger charge is 2.33. The number of hydrogen-bond acceptors (Lipinski definition) is 3. The van der Waals surface area contributed by atoms with Gasteiger partial charge < -0.3 is 9.64 Å². The first-order chi connectivity index (χ1) is 8.03. The van der Waals surface area contributed by atoms with Crippen molar-refractivity contribution in [3.63, 3.8) is 0 Å². The second kappa shape index (κ2) is 3.82. The van der Waals surface area contributed by atoms with Crippen LogP contribution in [-0.2, 0) is 4.74 Å². The van der Waals surface area contributed by atoms with Crippen molar-refractivity contribution >= 4 is 0 Å². The van der Waals surface area contributed by atoms with Crippen molar-refractivity contribution in [3.05, 3.63) is 18.0 Å². The molecule has 1 saturated heterocycles. The van der Waals surface area contributed by atoms with Crippen molar-refractivity contribution in [1.82, 2.24) is 14.7 Å². The quantitative estimate of drug-likeness (QED) is 0.785. The van der Waals surface area contributed by atoms with Gasteiger partial charge in [0.1, 0.15) is 0 Å². The van der Waals surface area contributed by atoms with Crippen molar-refractivity contribution in [2.75, 3.05) is 20.1 Å². The van der Waals surface area contributed by atoms with Gasteiger partial charge in [0.15, 0.2) is 0 Å². The molecule has 1 saturated carbocycles. The van der Waals surface area contributed by atoms with Crippen LogP contribution in [0, 0.1) is 0 Å². The van der Waals surface area contributed by atoms with E-state index in [9.17, 15) is 0 Å². The van der Waals surface area contributed by atoms with Crippen molar-refractivity contribution in [3.8, 4) is 0 Å². The second-order valence-electron chi connectivity index (χ2n) is 6.05. The summed E-state index contributed by atoms with van der Waals surface area (Å²) in [6.45, 7) is 6.25. The molecule has 17 heavy (non-hydrogen) atoms. The summed E-state index contributed by atoms with van der Waals surface area (Å²) in [5.74, 6) is 0. The molecule has 0 aromatic carbocycles. The van der Waals surface area contributed by atoms with Crippen LogP contribution in [0.4, 0.5) is 0 Å². The summed E-state index contributed by atoms with van der Waals surface area (Å²) in [7, 11) is 2.16. The van der Waals surface area contributed by atoms with Gasteiger partial charge in [0.2, 0.25) is 0 Å². The summed E-state index contributed by atoms with van der Waals surface area (Å²) in [5.41, 5.74) is 1.15. The zero-order valence-electron chi connectivity index (χ0n) is 10.9. The monoisotopic (exact) mass is 235 g/mol. The fraction of sp³-hybridized carbons (Fsp3) is 0.769. The largest absolute Gasteiger partial charge is 0.365 e. The molecule has 1 aromatic heterocycles. The fourth-order valence-corrected chi connectivity index (χ4v) is 2.69. The maximum absolute atomic E-state index is 6.15.